The highest BCUT2D eigenvalue weighted by Crippen LogP contribution is 2.39. The second-order valence-electron chi connectivity index (χ2n) is 8.83. The molecule has 2 aromatic heterocycles. The summed E-state index contributed by atoms with van der Waals surface area (Å²) < 4.78 is 4.58. The van der Waals surface area contributed by atoms with Gasteiger partial charge in [0.05, 0.1) is 16.5 Å². The van der Waals surface area contributed by atoms with Gasteiger partial charge in [0.15, 0.2) is 12.4 Å². The number of aryl methyl sites for hydroxylation is 4. The average molecular weight is 395 g/mol. The Balaban J connectivity index is 1.89. The number of hydrogen-bond donors (Lipinski definition) is 0. The van der Waals surface area contributed by atoms with Crippen molar-refractivity contribution in [1.29, 1.82) is 0 Å². The second-order valence-corrected chi connectivity index (χ2v) is 8.83. The lowest BCUT2D eigenvalue weighted by molar-refractivity contribution is -0.660. The number of rotatable bonds is 2. The number of hydrogen-bond acceptors (Lipinski definition) is 0. The Kier molecular flexibility index (Phi) is 4.66. The monoisotopic (exact) mass is 394 g/mol. The number of nitrogens with zero attached hydrogens (tertiary/aromatic N) is 2. The zero-order valence-electron chi connectivity index (χ0n) is 18.5. The molecule has 0 saturated heterocycles. The molecule has 0 spiro atoms. The minimum atomic E-state index is 1.18. The summed E-state index contributed by atoms with van der Waals surface area (Å²) in [5, 5.41) is 2.62. The zero-order chi connectivity index (χ0) is 20.8. The van der Waals surface area contributed by atoms with Gasteiger partial charge in [-0.15, -0.1) is 0 Å². The van der Waals surface area contributed by atoms with Crippen LogP contribution in [0.3, 0.4) is 0 Å². The topological polar surface area (TPSA) is 7.76 Å². The quantitative estimate of drug-likeness (QED) is 0.407. The maximum absolute atomic E-state index is 2.49. The molecule has 0 fully saturated rings. The van der Waals surface area contributed by atoms with Crippen LogP contribution in [0.4, 0.5) is 0 Å². The highest BCUT2D eigenvalue weighted by Gasteiger charge is 2.27. The number of aromatic nitrogens is 2. The van der Waals surface area contributed by atoms with Crippen LogP contribution >= 0.6 is 0 Å². The predicted octanol–water partition coefficient (Wildman–Crippen LogP) is 5.32. The first kappa shape index (κ1) is 19.0. The van der Waals surface area contributed by atoms with Crippen LogP contribution in [0.5, 0.6) is 0 Å². The molecule has 0 unspecified atom stereocenters. The van der Waals surface area contributed by atoms with E-state index < -0.39 is 0 Å². The molecule has 1 aliphatic carbocycles. The highest BCUT2D eigenvalue weighted by molar-refractivity contribution is 5.95. The third-order valence-corrected chi connectivity index (χ3v) is 6.77. The van der Waals surface area contributed by atoms with Crippen LogP contribution in [0.2, 0.25) is 0 Å². The van der Waals surface area contributed by atoms with Crippen LogP contribution in [-0.2, 0) is 26.9 Å². The normalized spacial score (nSPS) is 13.5. The average Bonchev–Trinajstić information content (AvgIpc) is 2.76. The van der Waals surface area contributed by atoms with Gasteiger partial charge in [-0.2, -0.15) is 0 Å². The fourth-order valence-electron chi connectivity index (χ4n) is 5.18. The molecular formula is C28H30N2+2. The molecule has 0 aliphatic heterocycles. The van der Waals surface area contributed by atoms with Crippen molar-refractivity contribution in [3.05, 3.63) is 83.2 Å². The van der Waals surface area contributed by atoms with Gasteiger partial charge in [0.25, 0.3) is 0 Å². The SMILES string of the molecule is Cc1cc[n+](C)c(-c2c(C)c(-c3c4ccccc4cc[n+]3C)cc3c2CCCC3)c1. The molecule has 0 saturated carbocycles. The van der Waals surface area contributed by atoms with Crippen molar-refractivity contribution < 1.29 is 9.13 Å². The van der Waals surface area contributed by atoms with Gasteiger partial charge in [-0.1, -0.05) is 18.2 Å². The van der Waals surface area contributed by atoms with Gasteiger partial charge in [0.1, 0.15) is 14.1 Å². The summed E-state index contributed by atoms with van der Waals surface area (Å²) in [5.41, 5.74) is 11.3. The van der Waals surface area contributed by atoms with Gasteiger partial charge in [-0.05, 0) is 79.3 Å². The van der Waals surface area contributed by atoms with E-state index in [2.05, 4.69) is 98.0 Å². The molecule has 2 heterocycles. The van der Waals surface area contributed by atoms with E-state index in [1.807, 2.05) is 0 Å². The molecule has 5 rings (SSSR count). The van der Waals surface area contributed by atoms with E-state index >= 15 is 0 Å². The van der Waals surface area contributed by atoms with Crippen LogP contribution in [0.1, 0.15) is 35.1 Å². The lowest BCUT2D eigenvalue weighted by Crippen LogP contribution is -2.32. The zero-order valence-corrected chi connectivity index (χ0v) is 18.5. The van der Waals surface area contributed by atoms with E-state index in [1.54, 1.807) is 5.56 Å². The Morgan fingerprint density at radius 2 is 1.57 bits per heavy atom. The lowest BCUT2D eigenvalue weighted by atomic mass is 9.81. The summed E-state index contributed by atoms with van der Waals surface area (Å²) in [5.74, 6) is 0. The molecule has 2 heteroatoms. The fraction of sp³-hybridized carbons (Fsp3) is 0.286. The molecule has 0 radical (unpaired) electrons. The van der Waals surface area contributed by atoms with Crippen molar-refractivity contribution >= 4 is 10.8 Å². The van der Waals surface area contributed by atoms with E-state index in [1.165, 1.54) is 75.7 Å². The molecule has 0 bridgehead atoms. The minimum absolute atomic E-state index is 1.18. The minimum Gasteiger partial charge on any atom is -0.201 e. The van der Waals surface area contributed by atoms with Crippen molar-refractivity contribution in [2.24, 2.45) is 14.1 Å². The van der Waals surface area contributed by atoms with Gasteiger partial charge >= 0.3 is 0 Å². The van der Waals surface area contributed by atoms with Crippen molar-refractivity contribution in [2.45, 2.75) is 39.5 Å². The van der Waals surface area contributed by atoms with E-state index in [4.69, 9.17) is 0 Å². The molecule has 4 aromatic rings. The Hall–Kier alpha value is -3.00. The van der Waals surface area contributed by atoms with E-state index in [-0.39, 0.29) is 0 Å². The van der Waals surface area contributed by atoms with E-state index in [0.29, 0.717) is 0 Å². The van der Waals surface area contributed by atoms with Gasteiger partial charge in [0.2, 0.25) is 11.4 Å². The van der Waals surface area contributed by atoms with Crippen LogP contribution < -0.4 is 9.13 Å². The summed E-state index contributed by atoms with van der Waals surface area (Å²) in [6.07, 6.45) is 9.33. The Labute approximate surface area is 179 Å². The molecule has 0 amide bonds. The molecule has 2 nitrogen and oxygen atoms in total. The first-order valence-corrected chi connectivity index (χ1v) is 11.0. The van der Waals surface area contributed by atoms with Gasteiger partial charge in [-0.25, -0.2) is 9.13 Å². The van der Waals surface area contributed by atoms with Gasteiger partial charge in [-0.3, -0.25) is 0 Å². The maximum Gasteiger partial charge on any atom is 0.220 e. The molecule has 1 aliphatic rings. The van der Waals surface area contributed by atoms with Crippen molar-refractivity contribution in [2.75, 3.05) is 0 Å². The van der Waals surface area contributed by atoms with E-state index in [9.17, 15) is 0 Å². The van der Waals surface area contributed by atoms with Gasteiger partial charge in [0, 0.05) is 18.2 Å². The predicted molar refractivity (Wildman–Crippen MR) is 123 cm³/mol. The fourth-order valence-corrected chi connectivity index (χ4v) is 5.18. The standard InChI is InChI=1S/C28H30N2/c1-19-13-15-29(3)26(17-19)27-20(2)25(18-22-10-6-7-11-23(22)27)28-24-12-8-5-9-21(24)14-16-30(28)4/h5,8-9,12-18H,6-7,10-11H2,1-4H3/q+2. The number of benzene rings is 2. The maximum atomic E-state index is 2.49. The summed E-state index contributed by atoms with van der Waals surface area (Å²) in [6.45, 7) is 4.52. The smallest absolute Gasteiger partial charge is 0.201 e. The molecule has 2 aromatic carbocycles. The third-order valence-electron chi connectivity index (χ3n) is 6.77. The first-order chi connectivity index (χ1) is 14.5. The molecule has 0 N–H and O–H groups in total. The third kappa shape index (κ3) is 3.02. The summed E-state index contributed by atoms with van der Waals surface area (Å²) in [4.78, 5) is 0. The van der Waals surface area contributed by atoms with Crippen molar-refractivity contribution in [1.82, 2.24) is 0 Å². The van der Waals surface area contributed by atoms with Crippen LogP contribution in [-0.4, -0.2) is 0 Å². The Morgan fingerprint density at radius 3 is 2.43 bits per heavy atom. The van der Waals surface area contributed by atoms with Crippen LogP contribution in [0.25, 0.3) is 33.3 Å². The van der Waals surface area contributed by atoms with Crippen LogP contribution in [0.15, 0.2) is 60.9 Å². The Morgan fingerprint density at radius 1 is 0.800 bits per heavy atom. The molecular weight excluding hydrogens is 364 g/mol. The number of fused-ring (bicyclic) bond motifs is 2. The lowest BCUT2D eigenvalue weighted by Gasteiger charge is -2.23. The molecule has 150 valence electrons. The van der Waals surface area contributed by atoms with Crippen LogP contribution in [0, 0.1) is 13.8 Å². The summed E-state index contributed by atoms with van der Waals surface area (Å²) in [7, 11) is 4.35. The summed E-state index contributed by atoms with van der Waals surface area (Å²) >= 11 is 0. The van der Waals surface area contributed by atoms with E-state index in [0.717, 1.165) is 0 Å². The number of pyridine rings is 2. The highest BCUT2D eigenvalue weighted by atomic mass is 14.9. The largest absolute Gasteiger partial charge is 0.220 e. The van der Waals surface area contributed by atoms with Gasteiger partial charge < -0.3 is 0 Å². The van der Waals surface area contributed by atoms with Crippen molar-refractivity contribution in [3.63, 3.8) is 0 Å². The first-order valence-electron chi connectivity index (χ1n) is 11.0. The Bertz CT molecular complexity index is 1280. The summed E-state index contributed by atoms with van der Waals surface area (Å²) in [6, 6.07) is 18.0. The molecule has 30 heavy (non-hydrogen) atoms. The molecule has 0 atom stereocenters. The second kappa shape index (κ2) is 7.36. The van der Waals surface area contributed by atoms with Crippen molar-refractivity contribution in [3.8, 4) is 22.5 Å².